The topological polar surface area (TPSA) is 40.5 Å². The Morgan fingerprint density at radius 2 is 1.45 bits per heavy atom. The Kier molecular flexibility index (Phi) is 4.45. The highest BCUT2D eigenvalue weighted by Crippen LogP contribution is 2.36. The highest BCUT2D eigenvalue weighted by molar-refractivity contribution is 6.59. The number of hydrogen-bond acceptors (Lipinski definition) is 2. The van der Waals surface area contributed by atoms with Crippen molar-refractivity contribution in [1.29, 1.82) is 0 Å². The predicted octanol–water partition coefficient (Wildman–Crippen LogP) is 2.53. The van der Waals surface area contributed by atoms with Crippen LogP contribution in [0.2, 0.25) is 0 Å². The lowest BCUT2D eigenvalue weighted by Crippen LogP contribution is -2.40. The molecule has 0 spiro atoms. The standard InChI is InChI=1S/C11H11BF6O2/c1-5(2)7-3-6(10(13,14)15)4-8(11(16,17)18)9(7)12(19)20/h3-5,19-20H,1-2H3. The largest absolute Gasteiger partial charge is 0.489 e. The summed E-state index contributed by atoms with van der Waals surface area (Å²) in [7, 11) is -2.51. The van der Waals surface area contributed by atoms with E-state index < -0.39 is 47.5 Å². The highest BCUT2D eigenvalue weighted by Gasteiger charge is 2.42. The average Bonchev–Trinajstić information content (AvgIpc) is 2.24. The zero-order valence-corrected chi connectivity index (χ0v) is 10.5. The molecule has 0 aromatic heterocycles. The van der Waals surface area contributed by atoms with Gasteiger partial charge in [-0.05, 0) is 29.1 Å². The number of alkyl halides is 6. The van der Waals surface area contributed by atoms with E-state index in [2.05, 4.69) is 0 Å². The molecule has 20 heavy (non-hydrogen) atoms. The molecule has 0 saturated heterocycles. The van der Waals surface area contributed by atoms with Gasteiger partial charge in [0.05, 0.1) is 11.1 Å². The third-order valence-electron chi connectivity index (χ3n) is 2.72. The van der Waals surface area contributed by atoms with Crippen LogP contribution in [0.3, 0.4) is 0 Å². The minimum absolute atomic E-state index is 0.110. The molecule has 0 heterocycles. The van der Waals surface area contributed by atoms with E-state index in [1.54, 1.807) is 0 Å². The van der Waals surface area contributed by atoms with Crippen molar-refractivity contribution >= 4 is 12.6 Å². The summed E-state index contributed by atoms with van der Waals surface area (Å²) in [4.78, 5) is 0. The summed E-state index contributed by atoms with van der Waals surface area (Å²) in [6.07, 6.45) is -10.1. The van der Waals surface area contributed by atoms with E-state index in [0.717, 1.165) is 0 Å². The second-order valence-corrected chi connectivity index (χ2v) is 4.55. The number of hydrogen-bond donors (Lipinski definition) is 2. The first kappa shape index (κ1) is 16.8. The van der Waals surface area contributed by atoms with E-state index >= 15 is 0 Å². The maximum absolute atomic E-state index is 12.8. The third-order valence-corrected chi connectivity index (χ3v) is 2.72. The number of halogens is 6. The van der Waals surface area contributed by atoms with Gasteiger partial charge in [-0.2, -0.15) is 26.3 Å². The first-order chi connectivity index (χ1) is 8.85. The lowest BCUT2D eigenvalue weighted by atomic mass is 9.70. The Morgan fingerprint density at radius 3 is 1.75 bits per heavy atom. The van der Waals surface area contributed by atoms with Crippen LogP contribution in [-0.2, 0) is 12.4 Å². The molecule has 0 aliphatic heterocycles. The molecule has 0 amide bonds. The van der Waals surface area contributed by atoms with Crippen molar-refractivity contribution in [3.63, 3.8) is 0 Å². The molecule has 1 aromatic carbocycles. The molecule has 0 aliphatic rings. The van der Waals surface area contributed by atoms with Gasteiger partial charge in [0.15, 0.2) is 0 Å². The van der Waals surface area contributed by atoms with Crippen molar-refractivity contribution in [1.82, 2.24) is 0 Å². The number of rotatable bonds is 2. The van der Waals surface area contributed by atoms with Crippen LogP contribution in [-0.4, -0.2) is 17.2 Å². The summed E-state index contributed by atoms with van der Waals surface area (Å²) >= 11 is 0. The van der Waals surface area contributed by atoms with Gasteiger partial charge in [-0.3, -0.25) is 0 Å². The third kappa shape index (κ3) is 3.46. The van der Waals surface area contributed by atoms with Crippen molar-refractivity contribution in [3.8, 4) is 0 Å². The van der Waals surface area contributed by atoms with Crippen LogP contribution in [0.25, 0.3) is 0 Å². The van der Waals surface area contributed by atoms with Gasteiger partial charge in [0.2, 0.25) is 0 Å². The van der Waals surface area contributed by atoms with Crippen molar-refractivity contribution in [2.45, 2.75) is 32.1 Å². The fourth-order valence-electron chi connectivity index (χ4n) is 1.84. The molecule has 0 radical (unpaired) electrons. The molecule has 0 aliphatic carbocycles. The molecule has 0 unspecified atom stereocenters. The quantitative estimate of drug-likeness (QED) is 0.651. The molecule has 0 fully saturated rings. The fraction of sp³-hybridized carbons (Fsp3) is 0.455. The number of benzene rings is 1. The van der Waals surface area contributed by atoms with Gasteiger partial charge in [0.25, 0.3) is 0 Å². The van der Waals surface area contributed by atoms with E-state index in [1.165, 1.54) is 13.8 Å². The van der Waals surface area contributed by atoms with Crippen LogP contribution in [0.4, 0.5) is 26.3 Å². The Morgan fingerprint density at radius 1 is 0.950 bits per heavy atom. The van der Waals surface area contributed by atoms with Crippen molar-refractivity contribution in [2.75, 3.05) is 0 Å². The molecule has 0 saturated carbocycles. The first-order valence-corrected chi connectivity index (χ1v) is 5.54. The van der Waals surface area contributed by atoms with E-state index in [-0.39, 0.29) is 6.07 Å². The molecular weight excluding hydrogens is 289 g/mol. The lowest BCUT2D eigenvalue weighted by Gasteiger charge is -2.21. The molecule has 9 heteroatoms. The fourth-order valence-corrected chi connectivity index (χ4v) is 1.84. The molecule has 112 valence electrons. The van der Waals surface area contributed by atoms with E-state index in [9.17, 15) is 26.3 Å². The normalized spacial score (nSPS) is 12.9. The predicted molar refractivity (Wildman–Crippen MR) is 60.4 cm³/mol. The van der Waals surface area contributed by atoms with Crippen molar-refractivity contribution in [2.24, 2.45) is 0 Å². The Bertz CT molecular complexity index is 493. The average molecular weight is 300 g/mol. The Labute approximate surface area is 111 Å². The summed E-state index contributed by atoms with van der Waals surface area (Å²) in [6, 6.07) is 0.398. The molecule has 1 aromatic rings. The van der Waals surface area contributed by atoms with Gasteiger partial charge >= 0.3 is 19.5 Å². The van der Waals surface area contributed by atoms with Crippen molar-refractivity contribution < 1.29 is 36.4 Å². The van der Waals surface area contributed by atoms with E-state index in [1.807, 2.05) is 0 Å². The zero-order valence-electron chi connectivity index (χ0n) is 10.5. The smallest absolute Gasteiger partial charge is 0.423 e. The monoisotopic (exact) mass is 300 g/mol. The summed E-state index contributed by atoms with van der Waals surface area (Å²) in [5, 5.41) is 18.1. The minimum Gasteiger partial charge on any atom is -0.423 e. The molecular formula is C11H11BF6O2. The zero-order chi connectivity index (χ0) is 15.9. The first-order valence-electron chi connectivity index (χ1n) is 5.54. The summed E-state index contributed by atoms with van der Waals surface area (Å²) in [5.41, 5.74) is -4.51. The van der Waals surface area contributed by atoms with Crippen LogP contribution >= 0.6 is 0 Å². The Balaban J connectivity index is 3.74. The molecule has 0 atom stereocenters. The second-order valence-electron chi connectivity index (χ2n) is 4.55. The van der Waals surface area contributed by atoms with Crippen LogP contribution in [0, 0.1) is 0 Å². The van der Waals surface area contributed by atoms with Crippen molar-refractivity contribution in [3.05, 3.63) is 28.8 Å². The van der Waals surface area contributed by atoms with Crippen LogP contribution in [0.15, 0.2) is 12.1 Å². The van der Waals surface area contributed by atoms with Crippen LogP contribution in [0.5, 0.6) is 0 Å². The maximum Gasteiger partial charge on any atom is 0.489 e. The van der Waals surface area contributed by atoms with Crippen LogP contribution < -0.4 is 5.46 Å². The molecule has 2 nitrogen and oxygen atoms in total. The molecule has 1 rings (SSSR count). The Hall–Kier alpha value is -1.22. The minimum atomic E-state index is -5.12. The van der Waals surface area contributed by atoms with Crippen LogP contribution in [0.1, 0.15) is 36.5 Å². The molecule has 2 N–H and O–H groups in total. The van der Waals surface area contributed by atoms with Gasteiger partial charge in [-0.15, -0.1) is 0 Å². The molecule has 0 bridgehead atoms. The highest BCUT2D eigenvalue weighted by atomic mass is 19.4. The SMILES string of the molecule is CC(C)c1cc(C(F)(F)F)cc(C(F)(F)F)c1B(O)O. The van der Waals surface area contributed by atoms with E-state index in [4.69, 9.17) is 10.0 Å². The summed E-state index contributed by atoms with van der Waals surface area (Å²) < 4.78 is 76.4. The van der Waals surface area contributed by atoms with E-state index in [0.29, 0.717) is 6.07 Å². The second kappa shape index (κ2) is 5.29. The maximum atomic E-state index is 12.8. The van der Waals surface area contributed by atoms with Gasteiger partial charge in [-0.25, -0.2) is 0 Å². The van der Waals surface area contributed by atoms with Gasteiger partial charge in [0, 0.05) is 0 Å². The van der Waals surface area contributed by atoms with Gasteiger partial charge in [0.1, 0.15) is 0 Å². The summed E-state index contributed by atoms with van der Waals surface area (Å²) in [6.45, 7) is 2.73. The van der Waals surface area contributed by atoms with Gasteiger partial charge in [-0.1, -0.05) is 13.8 Å². The lowest BCUT2D eigenvalue weighted by molar-refractivity contribution is -0.142. The van der Waals surface area contributed by atoms with Gasteiger partial charge < -0.3 is 10.0 Å². The summed E-state index contributed by atoms with van der Waals surface area (Å²) in [5.74, 6) is -0.741.